The van der Waals surface area contributed by atoms with Gasteiger partial charge in [-0.25, -0.2) is 4.79 Å². The molecule has 15 heteroatoms. The average Bonchev–Trinajstić information content (AvgIpc) is 3.76. The highest BCUT2D eigenvalue weighted by molar-refractivity contribution is 8.03. The van der Waals surface area contributed by atoms with Crippen LogP contribution in [0.4, 0.5) is 5.69 Å². The van der Waals surface area contributed by atoms with E-state index in [9.17, 15) is 38.7 Å². The van der Waals surface area contributed by atoms with Gasteiger partial charge in [-0.3, -0.25) is 28.8 Å². The Morgan fingerprint density at radius 1 is 0.656 bits per heavy atom. The van der Waals surface area contributed by atoms with Crippen LogP contribution in [0, 0.1) is 0 Å². The summed E-state index contributed by atoms with van der Waals surface area (Å²) in [7, 11) is 0. The number of carboxylic acid groups (broad SMARTS) is 1. The highest BCUT2D eigenvalue weighted by Gasteiger charge is 2.34. The Morgan fingerprint density at radius 2 is 1.21 bits per heavy atom. The molecule has 4 aromatic carbocycles. The summed E-state index contributed by atoms with van der Waals surface area (Å²) >= 11 is 1.49. The summed E-state index contributed by atoms with van der Waals surface area (Å²) in [4.78, 5) is 94.9. The molecule has 61 heavy (non-hydrogen) atoms. The standard InChI is InChI=1S/C46H48N6O8S/c1-28(53)47-39-27-41(54)48-34-20-16-31(17-21-34)25-40(46(59)60)52-43(56)36(23-29-9-4-2-5-10-29)49-42(55)37(24-30-14-18-33(19-15-30)32-11-6-3-7-12-32)50-44(57)38(51-45(39)58)26-35-13-8-22-61-35/h2-12,14-22,35-40H,13,23-27H2,1H3,(H,47,53)(H,48,54)(H,49,55)(H,50,57)(H,51,58)(H,52,56)(H,59,60)/t35?,36-,37+,38-,39-,40+/m1/s1. The Labute approximate surface area is 357 Å². The van der Waals surface area contributed by atoms with Crippen LogP contribution < -0.4 is 31.9 Å². The van der Waals surface area contributed by atoms with Crippen molar-refractivity contribution in [3.63, 3.8) is 0 Å². The van der Waals surface area contributed by atoms with Gasteiger partial charge in [-0.2, -0.15) is 0 Å². The van der Waals surface area contributed by atoms with E-state index in [0.717, 1.165) is 11.1 Å². The monoisotopic (exact) mass is 844 g/mol. The quantitative estimate of drug-likeness (QED) is 0.122. The predicted octanol–water partition coefficient (Wildman–Crippen LogP) is 3.66. The van der Waals surface area contributed by atoms with E-state index in [1.807, 2.05) is 66.1 Å². The van der Waals surface area contributed by atoms with Crippen LogP contribution >= 0.6 is 11.8 Å². The van der Waals surface area contributed by atoms with Crippen LogP contribution in [-0.2, 0) is 52.8 Å². The van der Waals surface area contributed by atoms with Crippen LogP contribution in [0.1, 0.15) is 42.9 Å². The van der Waals surface area contributed by atoms with E-state index in [-0.39, 0.29) is 30.9 Å². The van der Waals surface area contributed by atoms with Gasteiger partial charge >= 0.3 is 5.97 Å². The third-order valence-electron chi connectivity index (χ3n) is 10.3. The van der Waals surface area contributed by atoms with Crippen LogP contribution in [0.15, 0.2) is 121 Å². The number of fused-ring (bicyclic) bond motifs is 18. The summed E-state index contributed by atoms with van der Waals surface area (Å²) in [5.74, 6) is -5.44. The minimum absolute atomic E-state index is 0.000704. The van der Waals surface area contributed by atoms with E-state index in [4.69, 9.17) is 0 Å². The molecule has 0 saturated carbocycles. The van der Waals surface area contributed by atoms with Gasteiger partial charge in [0.25, 0.3) is 0 Å². The number of aliphatic carboxylic acids is 1. The van der Waals surface area contributed by atoms with E-state index in [2.05, 4.69) is 31.9 Å². The number of allylic oxidation sites excluding steroid dienone is 1. The Hall–Kier alpha value is -6.74. The Kier molecular flexibility index (Phi) is 15.1. The van der Waals surface area contributed by atoms with Crippen molar-refractivity contribution in [2.24, 2.45) is 0 Å². The van der Waals surface area contributed by atoms with E-state index in [0.29, 0.717) is 28.8 Å². The number of amides is 6. The van der Waals surface area contributed by atoms with E-state index < -0.39 is 78.0 Å². The average molecular weight is 845 g/mol. The third-order valence-corrected chi connectivity index (χ3v) is 11.4. The number of carbonyl (C=O) groups is 7. The Morgan fingerprint density at radius 3 is 1.80 bits per heavy atom. The lowest BCUT2D eigenvalue weighted by atomic mass is 9.98. The minimum Gasteiger partial charge on any atom is -0.480 e. The number of benzene rings is 4. The number of hydrogen-bond donors (Lipinski definition) is 7. The first-order valence-electron chi connectivity index (χ1n) is 20.0. The molecular weight excluding hydrogens is 797 g/mol. The molecule has 4 aromatic rings. The molecule has 2 bridgehead atoms. The van der Waals surface area contributed by atoms with Crippen molar-refractivity contribution in [3.8, 4) is 11.1 Å². The molecule has 1 unspecified atom stereocenters. The molecule has 7 N–H and O–H groups in total. The molecule has 316 valence electrons. The minimum atomic E-state index is -1.39. The molecule has 14 nitrogen and oxygen atoms in total. The fraction of sp³-hybridized carbons (Fsp3) is 0.283. The molecule has 3 heterocycles. The van der Waals surface area contributed by atoms with Crippen molar-refractivity contribution in [2.75, 3.05) is 5.32 Å². The Balaban J connectivity index is 1.37. The SMILES string of the molecule is CC(=O)N[C@@H]1CC(=O)Nc2ccc(cc2)C[C@@H](C(=O)O)NC(=O)[C@@H](Cc2ccccc2)NC(=O)[C@H](Cc2ccc(-c3ccccc3)cc2)NC(=O)[C@@H](CC2CC=CS2)NC1=O. The summed E-state index contributed by atoms with van der Waals surface area (Å²) in [6.07, 6.45) is 2.10. The maximum Gasteiger partial charge on any atom is 0.326 e. The van der Waals surface area contributed by atoms with E-state index >= 15 is 0 Å². The first-order valence-corrected chi connectivity index (χ1v) is 20.9. The summed E-state index contributed by atoms with van der Waals surface area (Å²) in [5, 5.41) is 28.2. The van der Waals surface area contributed by atoms with Gasteiger partial charge in [0.2, 0.25) is 35.4 Å². The molecule has 3 aliphatic heterocycles. The zero-order valence-electron chi connectivity index (χ0n) is 33.5. The molecule has 6 amide bonds. The fourth-order valence-corrected chi connectivity index (χ4v) is 8.12. The second kappa shape index (κ2) is 21.0. The van der Waals surface area contributed by atoms with Gasteiger partial charge < -0.3 is 37.0 Å². The fourth-order valence-electron chi connectivity index (χ4n) is 7.14. The highest BCUT2D eigenvalue weighted by atomic mass is 32.2. The van der Waals surface area contributed by atoms with Crippen molar-refractivity contribution in [1.82, 2.24) is 26.6 Å². The van der Waals surface area contributed by atoms with Gasteiger partial charge in [0.15, 0.2) is 0 Å². The molecule has 0 saturated heterocycles. The third kappa shape index (κ3) is 12.9. The van der Waals surface area contributed by atoms with Crippen molar-refractivity contribution in [1.29, 1.82) is 0 Å². The summed E-state index contributed by atoms with van der Waals surface area (Å²) < 4.78 is 0. The second-order valence-corrected chi connectivity index (χ2v) is 16.3. The lowest BCUT2D eigenvalue weighted by Crippen LogP contribution is -2.60. The smallest absolute Gasteiger partial charge is 0.326 e. The van der Waals surface area contributed by atoms with E-state index in [1.165, 1.54) is 18.7 Å². The predicted molar refractivity (Wildman–Crippen MR) is 232 cm³/mol. The van der Waals surface area contributed by atoms with Crippen molar-refractivity contribution in [3.05, 3.63) is 137 Å². The molecule has 0 radical (unpaired) electrons. The maximum absolute atomic E-state index is 14.5. The van der Waals surface area contributed by atoms with Gasteiger partial charge in [0, 0.05) is 37.1 Å². The number of rotatable bonds is 9. The molecule has 0 spiro atoms. The summed E-state index contributed by atoms with van der Waals surface area (Å²) in [5.41, 5.74) is 4.15. The van der Waals surface area contributed by atoms with Gasteiger partial charge in [0.1, 0.15) is 30.2 Å². The molecular formula is C46H48N6O8S. The first kappa shape index (κ1) is 43.8. The number of carbonyl (C=O) groups excluding carboxylic acids is 6. The van der Waals surface area contributed by atoms with Crippen LogP contribution in [-0.4, -0.2) is 82.0 Å². The Bertz CT molecular complexity index is 2230. The molecule has 6 atom stereocenters. The second-order valence-electron chi connectivity index (χ2n) is 15.0. The zero-order valence-corrected chi connectivity index (χ0v) is 34.3. The number of nitrogens with one attached hydrogen (secondary N) is 6. The molecule has 7 rings (SSSR count). The van der Waals surface area contributed by atoms with Crippen LogP contribution in [0.25, 0.3) is 11.1 Å². The number of thioether (sulfide) groups is 1. The molecule has 0 fully saturated rings. The van der Waals surface area contributed by atoms with Crippen LogP contribution in [0.5, 0.6) is 0 Å². The molecule has 0 aromatic heterocycles. The van der Waals surface area contributed by atoms with Gasteiger partial charge in [0.05, 0.1) is 6.42 Å². The molecule has 3 aliphatic rings. The number of hydrogen-bond acceptors (Lipinski definition) is 8. The van der Waals surface area contributed by atoms with Crippen molar-refractivity contribution in [2.45, 2.75) is 80.9 Å². The topological polar surface area (TPSA) is 212 Å². The first-order chi connectivity index (χ1) is 29.4. The van der Waals surface area contributed by atoms with Gasteiger partial charge in [-0.15, -0.1) is 11.8 Å². The van der Waals surface area contributed by atoms with Gasteiger partial charge in [-0.1, -0.05) is 103 Å². The lowest BCUT2D eigenvalue weighted by molar-refractivity contribution is -0.142. The van der Waals surface area contributed by atoms with Crippen molar-refractivity contribution >= 4 is 58.9 Å². The zero-order chi connectivity index (χ0) is 43.3. The van der Waals surface area contributed by atoms with E-state index in [1.54, 1.807) is 54.6 Å². The summed E-state index contributed by atoms with van der Waals surface area (Å²) in [6.45, 7) is 1.21. The summed E-state index contributed by atoms with van der Waals surface area (Å²) in [6, 6.07) is 25.9. The van der Waals surface area contributed by atoms with Gasteiger partial charge in [-0.05, 0) is 58.2 Å². The van der Waals surface area contributed by atoms with Crippen molar-refractivity contribution < 1.29 is 38.7 Å². The maximum atomic E-state index is 14.5. The largest absolute Gasteiger partial charge is 0.480 e. The number of anilines is 1. The van der Waals surface area contributed by atoms with Crippen LogP contribution in [0.2, 0.25) is 0 Å². The van der Waals surface area contributed by atoms with Crippen LogP contribution in [0.3, 0.4) is 0 Å². The highest BCUT2D eigenvalue weighted by Crippen LogP contribution is 2.28. The normalized spacial score (nSPS) is 22.7. The molecule has 0 aliphatic carbocycles. The number of carboxylic acids is 1. The lowest BCUT2D eigenvalue weighted by Gasteiger charge is -2.28.